The maximum absolute atomic E-state index is 12.6. The fourth-order valence-corrected chi connectivity index (χ4v) is 3.58. The van der Waals surface area contributed by atoms with Gasteiger partial charge in [-0.3, -0.25) is 9.59 Å². The molecule has 4 nitrogen and oxygen atoms in total. The molecule has 124 valence electrons. The van der Waals surface area contributed by atoms with Crippen LogP contribution in [-0.4, -0.2) is 35.0 Å². The van der Waals surface area contributed by atoms with E-state index in [0.29, 0.717) is 31.3 Å². The number of aliphatic carboxylic acids is 1. The van der Waals surface area contributed by atoms with Crippen molar-refractivity contribution in [2.45, 2.75) is 44.9 Å². The number of carbonyl (C=O) groups is 2. The first-order valence-corrected chi connectivity index (χ1v) is 8.59. The highest BCUT2D eigenvalue weighted by Gasteiger charge is 2.46. The van der Waals surface area contributed by atoms with Crippen molar-refractivity contribution < 1.29 is 14.7 Å². The number of carbonyl (C=O) groups excluding carboxylic acids is 1. The van der Waals surface area contributed by atoms with Gasteiger partial charge in [0.2, 0.25) is 5.91 Å². The summed E-state index contributed by atoms with van der Waals surface area (Å²) in [5.74, 6) is -0.147. The molecule has 2 fully saturated rings. The van der Waals surface area contributed by atoms with Crippen LogP contribution < -0.4 is 0 Å². The topological polar surface area (TPSA) is 57.6 Å². The van der Waals surface area contributed by atoms with E-state index in [1.165, 1.54) is 11.1 Å². The van der Waals surface area contributed by atoms with Crippen LogP contribution in [0, 0.1) is 11.8 Å². The molecular weight excluding hydrogens is 290 g/mol. The molecule has 2 aliphatic rings. The van der Waals surface area contributed by atoms with Gasteiger partial charge in [0.25, 0.3) is 0 Å². The molecular formula is C19H25NO3. The lowest BCUT2D eigenvalue weighted by Crippen LogP contribution is -2.43. The molecule has 3 atom stereocenters. The van der Waals surface area contributed by atoms with Crippen molar-refractivity contribution in [1.82, 2.24) is 4.90 Å². The van der Waals surface area contributed by atoms with Gasteiger partial charge in [0.05, 0.1) is 5.92 Å². The summed E-state index contributed by atoms with van der Waals surface area (Å²) in [6.45, 7) is 5.43. The Morgan fingerprint density at radius 2 is 1.91 bits per heavy atom. The number of likely N-dealkylation sites (tertiary alicyclic amines) is 1. The van der Waals surface area contributed by atoms with Gasteiger partial charge in [-0.05, 0) is 42.2 Å². The smallest absolute Gasteiger partial charge is 0.308 e. The van der Waals surface area contributed by atoms with E-state index < -0.39 is 11.9 Å². The predicted molar refractivity (Wildman–Crippen MR) is 88.3 cm³/mol. The van der Waals surface area contributed by atoms with Gasteiger partial charge >= 0.3 is 5.97 Å². The van der Waals surface area contributed by atoms with Gasteiger partial charge in [-0.1, -0.05) is 38.1 Å². The van der Waals surface area contributed by atoms with Crippen LogP contribution in [0.25, 0.3) is 0 Å². The summed E-state index contributed by atoms with van der Waals surface area (Å²) in [7, 11) is 0. The largest absolute Gasteiger partial charge is 0.481 e. The molecule has 1 aliphatic carbocycles. The number of carboxylic acid groups (broad SMARTS) is 1. The molecule has 1 amide bonds. The molecule has 0 bridgehead atoms. The van der Waals surface area contributed by atoms with Crippen LogP contribution in [0.15, 0.2) is 24.3 Å². The summed E-state index contributed by atoms with van der Waals surface area (Å²) in [6, 6.07) is 8.59. The zero-order chi connectivity index (χ0) is 16.6. The molecule has 0 spiro atoms. The molecule has 1 heterocycles. The van der Waals surface area contributed by atoms with Crippen molar-refractivity contribution in [3.05, 3.63) is 35.4 Å². The van der Waals surface area contributed by atoms with Crippen molar-refractivity contribution in [2.24, 2.45) is 11.8 Å². The van der Waals surface area contributed by atoms with Crippen LogP contribution in [0.4, 0.5) is 0 Å². The third-order valence-corrected chi connectivity index (χ3v) is 5.22. The fourth-order valence-electron chi connectivity index (χ4n) is 3.58. The maximum Gasteiger partial charge on any atom is 0.308 e. The number of nitrogens with zero attached hydrogens (tertiary/aromatic N) is 1. The lowest BCUT2D eigenvalue weighted by molar-refractivity contribution is -0.146. The van der Waals surface area contributed by atoms with Gasteiger partial charge in [-0.2, -0.15) is 0 Å². The second-order valence-electron chi connectivity index (χ2n) is 7.23. The molecule has 2 unspecified atom stereocenters. The third-order valence-electron chi connectivity index (χ3n) is 5.22. The Balaban J connectivity index is 1.61. The molecule has 1 saturated heterocycles. The lowest BCUT2D eigenvalue weighted by Gasteiger charge is -2.31. The van der Waals surface area contributed by atoms with Crippen molar-refractivity contribution >= 4 is 11.9 Å². The monoisotopic (exact) mass is 315 g/mol. The number of hydrogen-bond donors (Lipinski definition) is 1. The Labute approximate surface area is 137 Å². The number of hydrogen-bond acceptors (Lipinski definition) is 2. The van der Waals surface area contributed by atoms with E-state index in [4.69, 9.17) is 5.11 Å². The molecule has 1 aromatic rings. The zero-order valence-electron chi connectivity index (χ0n) is 13.9. The molecule has 1 N–H and O–H groups in total. The second kappa shape index (κ2) is 6.34. The van der Waals surface area contributed by atoms with Crippen LogP contribution in [0.5, 0.6) is 0 Å². The van der Waals surface area contributed by atoms with Crippen molar-refractivity contribution in [1.29, 1.82) is 0 Å². The summed E-state index contributed by atoms with van der Waals surface area (Å²) >= 11 is 0. The highest BCUT2D eigenvalue weighted by atomic mass is 16.4. The Hall–Kier alpha value is -1.84. The molecule has 3 rings (SSSR count). The lowest BCUT2D eigenvalue weighted by atomic mass is 9.97. The van der Waals surface area contributed by atoms with Crippen LogP contribution >= 0.6 is 0 Å². The van der Waals surface area contributed by atoms with Gasteiger partial charge in [0.1, 0.15) is 0 Å². The van der Waals surface area contributed by atoms with E-state index in [0.717, 1.165) is 12.8 Å². The molecule has 23 heavy (non-hydrogen) atoms. The SMILES string of the molecule is CC(C)c1ccc(C2CC2C(=O)N2CCC[C@H](C(=O)O)C2)cc1. The first-order valence-electron chi connectivity index (χ1n) is 8.59. The van der Waals surface area contributed by atoms with Crippen molar-refractivity contribution in [2.75, 3.05) is 13.1 Å². The minimum atomic E-state index is -0.779. The number of carboxylic acids is 1. The molecule has 0 aromatic heterocycles. The summed E-state index contributed by atoms with van der Waals surface area (Å²) in [5, 5.41) is 9.15. The molecule has 4 heteroatoms. The average Bonchev–Trinajstić information content (AvgIpc) is 3.35. The first-order chi connectivity index (χ1) is 11.0. The minimum Gasteiger partial charge on any atom is -0.481 e. The van der Waals surface area contributed by atoms with E-state index in [2.05, 4.69) is 38.1 Å². The van der Waals surface area contributed by atoms with Gasteiger partial charge < -0.3 is 10.0 Å². The van der Waals surface area contributed by atoms with Gasteiger partial charge in [0, 0.05) is 19.0 Å². The maximum atomic E-state index is 12.6. The Morgan fingerprint density at radius 3 is 2.52 bits per heavy atom. The van der Waals surface area contributed by atoms with Crippen LogP contribution in [0.1, 0.15) is 56.1 Å². The number of piperidine rings is 1. The molecule has 1 aliphatic heterocycles. The Morgan fingerprint density at radius 1 is 1.22 bits per heavy atom. The summed E-state index contributed by atoms with van der Waals surface area (Å²) < 4.78 is 0. The van der Waals surface area contributed by atoms with Crippen LogP contribution in [0.3, 0.4) is 0 Å². The standard InChI is InChI=1S/C19H25NO3/c1-12(2)13-5-7-14(8-6-13)16-10-17(16)18(21)20-9-3-4-15(11-20)19(22)23/h5-8,12,15-17H,3-4,9-11H2,1-2H3,(H,22,23)/t15-,16?,17?/m0/s1. The Bertz CT molecular complexity index is 593. The average molecular weight is 315 g/mol. The third kappa shape index (κ3) is 3.41. The quantitative estimate of drug-likeness (QED) is 0.928. The number of rotatable bonds is 4. The fraction of sp³-hybridized carbons (Fsp3) is 0.579. The highest BCUT2D eigenvalue weighted by Crippen LogP contribution is 2.48. The highest BCUT2D eigenvalue weighted by molar-refractivity contribution is 5.84. The van der Waals surface area contributed by atoms with E-state index in [1.54, 1.807) is 4.90 Å². The van der Waals surface area contributed by atoms with E-state index in [1.807, 2.05) is 0 Å². The minimum absolute atomic E-state index is 0.0486. The zero-order valence-corrected chi connectivity index (χ0v) is 13.9. The second-order valence-corrected chi connectivity index (χ2v) is 7.23. The van der Waals surface area contributed by atoms with Crippen molar-refractivity contribution in [3.63, 3.8) is 0 Å². The summed E-state index contributed by atoms with van der Waals surface area (Å²) in [6.07, 6.45) is 2.38. The summed E-state index contributed by atoms with van der Waals surface area (Å²) in [4.78, 5) is 25.5. The van der Waals surface area contributed by atoms with Gasteiger partial charge in [-0.15, -0.1) is 0 Å². The van der Waals surface area contributed by atoms with E-state index in [-0.39, 0.29) is 11.8 Å². The Kier molecular flexibility index (Phi) is 4.42. The summed E-state index contributed by atoms with van der Waals surface area (Å²) in [5.41, 5.74) is 2.55. The normalized spacial score (nSPS) is 27.1. The van der Waals surface area contributed by atoms with Gasteiger partial charge in [0.15, 0.2) is 0 Å². The first kappa shape index (κ1) is 16.0. The van der Waals surface area contributed by atoms with Crippen molar-refractivity contribution in [3.8, 4) is 0 Å². The molecule has 1 aromatic carbocycles. The van der Waals surface area contributed by atoms with Gasteiger partial charge in [-0.25, -0.2) is 0 Å². The predicted octanol–water partition coefficient (Wildman–Crippen LogP) is 3.24. The molecule has 0 radical (unpaired) electrons. The number of amides is 1. The molecule has 1 saturated carbocycles. The van der Waals surface area contributed by atoms with Crippen LogP contribution in [-0.2, 0) is 9.59 Å². The number of benzene rings is 1. The van der Waals surface area contributed by atoms with E-state index >= 15 is 0 Å². The van der Waals surface area contributed by atoms with E-state index in [9.17, 15) is 9.59 Å². The van der Waals surface area contributed by atoms with Crippen LogP contribution in [0.2, 0.25) is 0 Å².